The van der Waals surface area contributed by atoms with Crippen molar-refractivity contribution in [2.45, 2.75) is 349 Å². The molecular weight excluding hydrogens is 1070 g/mol. The first-order valence-electron chi connectivity index (χ1n) is 33.1. The number of rotatable bonds is 50. The number of unbranched alkanes of at least 4 members (excludes halogenated alkanes) is 32. The Morgan fingerprint density at radius 3 is 1.17 bits per heavy atom. The molecule has 3 rings (SSSR count). The number of carbonyl (C=O) groups excluding carboxylic acids is 1. The molecule has 83 heavy (non-hydrogen) atoms. The summed E-state index contributed by atoms with van der Waals surface area (Å²) in [5.74, 6) is -0.275. The van der Waals surface area contributed by atoms with Gasteiger partial charge in [0, 0.05) is 6.42 Å². The van der Waals surface area contributed by atoms with Crippen molar-refractivity contribution in [2.75, 3.05) is 26.4 Å². The van der Waals surface area contributed by atoms with Crippen molar-refractivity contribution in [1.82, 2.24) is 5.32 Å². The summed E-state index contributed by atoms with van der Waals surface area (Å²) in [5, 5.41) is 120. The van der Waals surface area contributed by atoms with Crippen LogP contribution in [0.2, 0.25) is 0 Å². The molecule has 3 heterocycles. The number of hydrogen-bond donors (Lipinski definition) is 12. The summed E-state index contributed by atoms with van der Waals surface area (Å²) in [6.07, 6.45) is 24.9. The highest BCUT2D eigenvalue weighted by atomic mass is 16.8. The average molecular weight is 1190 g/mol. The number of nitrogens with one attached hydrogen (secondary N) is 1. The first-order chi connectivity index (χ1) is 40.3. The van der Waals surface area contributed by atoms with E-state index in [1.807, 2.05) is 6.08 Å². The van der Waals surface area contributed by atoms with Crippen molar-refractivity contribution in [2.24, 2.45) is 0 Å². The number of allylic oxidation sites excluding steroid dienone is 3. The van der Waals surface area contributed by atoms with E-state index in [0.29, 0.717) is 6.42 Å². The molecule has 19 heteroatoms. The molecule has 1 amide bonds. The van der Waals surface area contributed by atoms with Gasteiger partial charge in [0.15, 0.2) is 18.9 Å². The minimum absolute atomic E-state index is 0.246. The quantitative estimate of drug-likeness (QED) is 0.0207. The minimum Gasteiger partial charge on any atom is -0.394 e. The molecule has 3 aliphatic rings. The zero-order valence-corrected chi connectivity index (χ0v) is 51.2. The van der Waals surface area contributed by atoms with E-state index in [0.717, 1.165) is 44.9 Å². The van der Waals surface area contributed by atoms with Crippen LogP contribution in [0.4, 0.5) is 0 Å². The summed E-state index contributed by atoms with van der Waals surface area (Å²) in [4.78, 5) is 13.3. The zero-order chi connectivity index (χ0) is 60.5. The lowest BCUT2D eigenvalue weighted by molar-refractivity contribution is -0.379. The van der Waals surface area contributed by atoms with Crippen LogP contribution in [0.5, 0.6) is 0 Å². The smallest absolute Gasteiger partial charge is 0.220 e. The molecule has 0 aliphatic carbocycles. The Balaban J connectivity index is 1.36. The number of ether oxygens (including phenoxy) is 6. The Morgan fingerprint density at radius 1 is 0.422 bits per heavy atom. The van der Waals surface area contributed by atoms with Gasteiger partial charge in [-0.3, -0.25) is 4.79 Å². The van der Waals surface area contributed by atoms with Crippen LogP contribution in [0.3, 0.4) is 0 Å². The lowest BCUT2D eigenvalue weighted by atomic mass is 9.96. The van der Waals surface area contributed by atoms with E-state index in [4.69, 9.17) is 28.4 Å². The molecule has 0 spiro atoms. The third-order valence-corrected chi connectivity index (χ3v) is 16.7. The van der Waals surface area contributed by atoms with Crippen molar-refractivity contribution < 1.29 is 89.4 Å². The van der Waals surface area contributed by atoms with Crippen molar-refractivity contribution in [3.63, 3.8) is 0 Å². The van der Waals surface area contributed by atoms with Crippen molar-refractivity contribution in [3.8, 4) is 0 Å². The minimum atomic E-state index is -1.98. The Labute approximate surface area is 498 Å². The molecule has 0 aromatic heterocycles. The van der Waals surface area contributed by atoms with Crippen LogP contribution in [0.25, 0.3) is 0 Å². The van der Waals surface area contributed by atoms with Crippen LogP contribution in [0.15, 0.2) is 24.3 Å². The zero-order valence-electron chi connectivity index (χ0n) is 51.2. The maximum Gasteiger partial charge on any atom is 0.220 e. The molecule has 488 valence electrons. The van der Waals surface area contributed by atoms with Gasteiger partial charge in [-0.15, -0.1) is 0 Å². The molecule has 12 N–H and O–H groups in total. The highest BCUT2D eigenvalue weighted by Crippen LogP contribution is 2.33. The summed E-state index contributed by atoms with van der Waals surface area (Å²) in [7, 11) is 0. The van der Waals surface area contributed by atoms with Gasteiger partial charge < -0.3 is 89.9 Å². The molecule has 0 radical (unpaired) electrons. The van der Waals surface area contributed by atoms with Gasteiger partial charge in [0.25, 0.3) is 0 Å². The standard InChI is InChI=1S/C64H119NO18/c1-3-5-7-9-11-13-14-15-16-17-18-19-20-21-22-23-24-25-26-27-28-29-30-31-32-34-36-38-40-42-52(70)65-47(48(69)41-39-37-35-33-12-10-8-6-4-2)46-78-62-58(76)55(73)60(50(44-67)80-62)83-64-59(77)56(74)61(51(45-68)81-64)82-63-57(75)54(72)53(71)49(43-66)79-63/h17-18,39,41,47-51,53-64,66-69,71-77H,3-16,19-38,40,42-46H2,1-2H3,(H,65,70)/b18-17-,41-39+. The third-order valence-electron chi connectivity index (χ3n) is 16.7. The summed E-state index contributed by atoms with van der Waals surface area (Å²) in [6, 6.07) is -0.968. The summed E-state index contributed by atoms with van der Waals surface area (Å²) >= 11 is 0. The van der Waals surface area contributed by atoms with E-state index >= 15 is 0 Å². The molecular formula is C64H119NO18. The van der Waals surface area contributed by atoms with E-state index < -0.39 is 124 Å². The van der Waals surface area contributed by atoms with E-state index in [1.54, 1.807) is 6.08 Å². The second-order valence-electron chi connectivity index (χ2n) is 23.9. The summed E-state index contributed by atoms with van der Waals surface area (Å²) in [5.41, 5.74) is 0. The summed E-state index contributed by atoms with van der Waals surface area (Å²) < 4.78 is 34.2. The Kier molecular flexibility index (Phi) is 43.0. The van der Waals surface area contributed by atoms with E-state index in [-0.39, 0.29) is 18.9 Å². The lowest BCUT2D eigenvalue weighted by Crippen LogP contribution is -2.66. The topological polar surface area (TPSA) is 307 Å². The fourth-order valence-corrected chi connectivity index (χ4v) is 11.3. The van der Waals surface area contributed by atoms with E-state index in [2.05, 4.69) is 31.3 Å². The van der Waals surface area contributed by atoms with Crippen LogP contribution in [-0.4, -0.2) is 193 Å². The van der Waals surface area contributed by atoms with Crippen LogP contribution >= 0.6 is 0 Å². The summed E-state index contributed by atoms with van der Waals surface area (Å²) in [6.45, 7) is 1.70. The molecule has 19 nitrogen and oxygen atoms in total. The SMILES string of the molecule is CCCCCCCCC/C=C/C(O)C(COC1OC(CO)C(OC2OC(CO)C(OC3OC(CO)C(O)C(O)C3O)C(O)C2O)C(O)C1O)NC(=O)CCCCCCCCCCCCCCCCCCC/C=C\CCCCCCCCCC. The van der Waals surface area contributed by atoms with Gasteiger partial charge >= 0.3 is 0 Å². The molecule has 0 bridgehead atoms. The number of amides is 1. The third kappa shape index (κ3) is 30.4. The Hall–Kier alpha value is -1.73. The Bertz CT molecular complexity index is 1610. The monoisotopic (exact) mass is 1190 g/mol. The predicted molar refractivity (Wildman–Crippen MR) is 319 cm³/mol. The van der Waals surface area contributed by atoms with E-state index in [9.17, 15) is 61.0 Å². The highest BCUT2D eigenvalue weighted by Gasteiger charge is 2.53. The molecule has 0 aromatic rings. The normalized spacial score (nSPS) is 29.5. The van der Waals surface area contributed by atoms with Gasteiger partial charge in [0.1, 0.15) is 73.2 Å². The number of aliphatic hydroxyl groups is 11. The predicted octanol–water partition coefficient (Wildman–Crippen LogP) is 7.49. The molecule has 3 saturated heterocycles. The van der Waals surface area contributed by atoms with Crippen LogP contribution in [0, 0.1) is 0 Å². The van der Waals surface area contributed by atoms with Gasteiger partial charge in [-0.05, 0) is 44.9 Å². The van der Waals surface area contributed by atoms with Gasteiger partial charge in [-0.1, -0.05) is 218 Å². The number of carbonyl (C=O) groups is 1. The molecule has 17 atom stereocenters. The van der Waals surface area contributed by atoms with Gasteiger partial charge in [-0.2, -0.15) is 0 Å². The van der Waals surface area contributed by atoms with Crippen LogP contribution in [-0.2, 0) is 33.2 Å². The molecule has 0 aromatic carbocycles. The molecule has 17 unspecified atom stereocenters. The van der Waals surface area contributed by atoms with Gasteiger partial charge in [-0.25, -0.2) is 0 Å². The van der Waals surface area contributed by atoms with Crippen LogP contribution < -0.4 is 5.32 Å². The fraction of sp³-hybridized carbons (Fsp3) is 0.922. The van der Waals surface area contributed by atoms with Crippen molar-refractivity contribution in [3.05, 3.63) is 24.3 Å². The first kappa shape index (κ1) is 75.5. The maximum absolute atomic E-state index is 13.3. The average Bonchev–Trinajstić information content (AvgIpc) is 3.25. The largest absolute Gasteiger partial charge is 0.394 e. The second kappa shape index (κ2) is 47.3. The van der Waals surface area contributed by atoms with Crippen LogP contribution in [0.1, 0.15) is 245 Å². The second-order valence-corrected chi connectivity index (χ2v) is 23.9. The van der Waals surface area contributed by atoms with E-state index in [1.165, 1.54) is 173 Å². The Morgan fingerprint density at radius 2 is 0.759 bits per heavy atom. The number of hydrogen-bond acceptors (Lipinski definition) is 18. The fourth-order valence-electron chi connectivity index (χ4n) is 11.3. The van der Waals surface area contributed by atoms with Crippen molar-refractivity contribution in [1.29, 1.82) is 0 Å². The van der Waals surface area contributed by atoms with Crippen molar-refractivity contribution >= 4 is 5.91 Å². The van der Waals surface area contributed by atoms with Gasteiger partial charge in [0.2, 0.25) is 5.91 Å². The van der Waals surface area contributed by atoms with Gasteiger partial charge in [0.05, 0.1) is 38.6 Å². The molecule has 0 saturated carbocycles. The molecule has 3 aliphatic heterocycles. The first-order valence-corrected chi connectivity index (χ1v) is 33.1. The lowest BCUT2D eigenvalue weighted by Gasteiger charge is -2.48. The highest BCUT2D eigenvalue weighted by molar-refractivity contribution is 5.76. The number of aliphatic hydroxyl groups excluding tert-OH is 11. The maximum atomic E-state index is 13.3. The molecule has 3 fully saturated rings.